The van der Waals surface area contributed by atoms with Gasteiger partial charge in [0.1, 0.15) is 17.7 Å². The molecule has 7 heteroatoms. The molecule has 2 aromatic rings. The summed E-state index contributed by atoms with van der Waals surface area (Å²) in [5.41, 5.74) is 6.00. The molecule has 5 nitrogen and oxygen atoms in total. The van der Waals surface area contributed by atoms with Crippen LogP contribution in [-0.4, -0.2) is 22.8 Å². The average molecular weight is 295 g/mol. The van der Waals surface area contributed by atoms with Gasteiger partial charge in [-0.05, 0) is 30.5 Å². The molecule has 0 radical (unpaired) electrons. The largest absolute Gasteiger partial charge is 0.364 e. The third-order valence-electron chi connectivity index (χ3n) is 3.41. The van der Waals surface area contributed by atoms with Crippen LogP contribution in [0.25, 0.3) is 0 Å². The highest BCUT2D eigenvalue weighted by molar-refractivity contribution is 5.21. The highest BCUT2D eigenvalue weighted by Gasteiger charge is 2.29. The lowest BCUT2D eigenvalue weighted by molar-refractivity contribution is 0.0307. The Bertz CT molecular complexity index is 612. The molecule has 0 aliphatic carbocycles. The van der Waals surface area contributed by atoms with Gasteiger partial charge in [-0.15, -0.1) is 0 Å². The maximum atomic E-state index is 13.1. The van der Waals surface area contributed by atoms with Crippen molar-refractivity contribution in [3.8, 4) is 0 Å². The lowest BCUT2D eigenvalue weighted by Gasteiger charge is -2.07. The smallest absolute Gasteiger partial charge is 0.255 e. The quantitative estimate of drug-likeness (QED) is 0.935. The van der Waals surface area contributed by atoms with Gasteiger partial charge in [-0.25, -0.2) is 8.78 Å². The number of rotatable bonds is 4. The van der Waals surface area contributed by atoms with Gasteiger partial charge in [-0.3, -0.25) is 0 Å². The Balaban J connectivity index is 1.70. The predicted octanol–water partition coefficient (Wildman–Crippen LogP) is 2.12. The van der Waals surface area contributed by atoms with E-state index in [0.717, 1.165) is 18.9 Å². The molecular weight excluding hydrogens is 280 g/mol. The van der Waals surface area contributed by atoms with Gasteiger partial charge in [0.2, 0.25) is 0 Å². The minimum Gasteiger partial charge on any atom is -0.364 e. The Hall–Kier alpha value is -1.86. The highest BCUT2D eigenvalue weighted by atomic mass is 19.1. The highest BCUT2D eigenvalue weighted by Crippen LogP contribution is 2.31. The monoisotopic (exact) mass is 295 g/mol. The number of ether oxygens (including phenoxy) is 1. The molecule has 1 aromatic heterocycles. The molecule has 1 aliphatic rings. The number of benzene rings is 1. The van der Waals surface area contributed by atoms with Crippen molar-refractivity contribution in [2.75, 3.05) is 6.54 Å². The molecule has 1 aromatic carbocycles. The van der Waals surface area contributed by atoms with Gasteiger partial charge in [0.05, 0.1) is 6.10 Å². The SMILES string of the molecule is NCC1CCC(c2nc(Cc3cc(F)cc(F)c3)no2)O1. The van der Waals surface area contributed by atoms with Gasteiger partial charge < -0.3 is 15.0 Å². The Morgan fingerprint density at radius 1 is 1.19 bits per heavy atom. The number of aromatic nitrogens is 2. The number of nitrogens with zero attached hydrogens (tertiary/aromatic N) is 2. The van der Waals surface area contributed by atoms with E-state index in [1.165, 1.54) is 12.1 Å². The van der Waals surface area contributed by atoms with Crippen molar-refractivity contribution >= 4 is 0 Å². The molecular formula is C14H15F2N3O2. The molecule has 3 rings (SSSR count). The maximum Gasteiger partial charge on any atom is 0.255 e. The van der Waals surface area contributed by atoms with Crippen LogP contribution in [0.5, 0.6) is 0 Å². The standard InChI is InChI=1S/C14H15F2N3O2/c15-9-3-8(4-10(16)6-9)5-13-18-14(21-19-13)12-2-1-11(7-17)20-12/h3-4,6,11-12H,1-2,5,7,17H2. The number of halogens is 2. The summed E-state index contributed by atoms with van der Waals surface area (Å²) in [6, 6.07) is 3.32. The van der Waals surface area contributed by atoms with E-state index in [4.69, 9.17) is 15.0 Å². The Kier molecular flexibility index (Phi) is 3.94. The zero-order chi connectivity index (χ0) is 14.8. The molecule has 2 unspecified atom stereocenters. The van der Waals surface area contributed by atoms with Gasteiger partial charge >= 0.3 is 0 Å². The normalized spacial score (nSPS) is 21.9. The van der Waals surface area contributed by atoms with Crippen molar-refractivity contribution in [3.05, 3.63) is 47.1 Å². The Labute approximate surface area is 120 Å². The summed E-state index contributed by atoms with van der Waals surface area (Å²) in [6.07, 6.45) is 1.60. The molecule has 0 spiro atoms. The number of hydrogen-bond acceptors (Lipinski definition) is 5. The van der Waals surface area contributed by atoms with Crippen molar-refractivity contribution < 1.29 is 18.0 Å². The molecule has 1 aliphatic heterocycles. The minimum absolute atomic E-state index is 0.0164. The topological polar surface area (TPSA) is 74.2 Å². The zero-order valence-electron chi connectivity index (χ0n) is 11.3. The summed E-state index contributed by atoms with van der Waals surface area (Å²) in [5.74, 6) is -0.495. The molecule has 112 valence electrons. The van der Waals surface area contributed by atoms with E-state index in [-0.39, 0.29) is 18.6 Å². The summed E-state index contributed by atoms with van der Waals surface area (Å²) >= 11 is 0. The van der Waals surface area contributed by atoms with E-state index in [1.807, 2.05) is 0 Å². The van der Waals surface area contributed by atoms with Gasteiger partial charge in [0, 0.05) is 19.0 Å². The molecule has 1 saturated heterocycles. The summed E-state index contributed by atoms with van der Waals surface area (Å²) in [4.78, 5) is 4.23. The minimum atomic E-state index is -0.626. The van der Waals surface area contributed by atoms with Crippen LogP contribution >= 0.6 is 0 Å². The van der Waals surface area contributed by atoms with Crippen molar-refractivity contribution in [2.24, 2.45) is 5.73 Å². The van der Waals surface area contributed by atoms with Gasteiger partial charge in [0.15, 0.2) is 5.82 Å². The first-order chi connectivity index (χ1) is 10.1. The molecule has 2 N–H and O–H groups in total. The van der Waals surface area contributed by atoms with Crippen LogP contribution in [0.15, 0.2) is 22.7 Å². The zero-order valence-corrected chi connectivity index (χ0v) is 11.3. The van der Waals surface area contributed by atoms with Crippen LogP contribution in [-0.2, 0) is 11.2 Å². The number of hydrogen-bond donors (Lipinski definition) is 1. The van der Waals surface area contributed by atoms with Crippen molar-refractivity contribution in [2.45, 2.75) is 31.5 Å². The van der Waals surface area contributed by atoms with Crippen LogP contribution < -0.4 is 5.73 Å². The average Bonchev–Trinajstić information content (AvgIpc) is 3.05. The predicted molar refractivity (Wildman–Crippen MR) is 69.4 cm³/mol. The van der Waals surface area contributed by atoms with Gasteiger partial charge in [-0.2, -0.15) is 4.98 Å². The summed E-state index contributed by atoms with van der Waals surface area (Å²) < 4.78 is 37.1. The molecule has 0 bridgehead atoms. The van der Waals surface area contributed by atoms with E-state index in [0.29, 0.717) is 23.8 Å². The second kappa shape index (κ2) is 5.87. The third-order valence-corrected chi connectivity index (χ3v) is 3.41. The molecule has 0 saturated carbocycles. The summed E-state index contributed by atoms with van der Waals surface area (Å²) in [6.45, 7) is 0.458. The van der Waals surface area contributed by atoms with E-state index >= 15 is 0 Å². The van der Waals surface area contributed by atoms with Crippen molar-refractivity contribution in [1.29, 1.82) is 0 Å². The fourth-order valence-electron chi connectivity index (χ4n) is 2.43. The lowest BCUT2D eigenvalue weighted by Crippen LogP contribution is -2.18. The maximum absolute atomic E-state index is 13.1. The second-order valence-corrected chi connectivity index (χ2v) is 5.06. The Morgan fingerprint density at radius 2 is 1.95 bits per heavy atom. The van der Waals surface area contributed by atoms with E-state index in [2.05, 4.69) is 10.1 Å². The second-order valence-electron chi connectivity index (χ2n) is 5.06. The molecule has 0 amide bonds. The van der Waals surface area contributed by atoms with Gasteiger partial charge in [0.25, 0.3) is 5.89 Å². The fraction of sp³-hybridized carbons (Fsp3) is 0.429. The first-order valence-electron chi connectivity index (χ1n) is 6.77. The number of nitrogens with two attached hydrogens (primary N) is 1. The first kappa shape index (κ1) is 14.1. The lowest BCUT2D eigenvalue weighted by atomic mass is 10.1. The molecule has 1 fully saturated rings. The first-order valence-corrected chi connectivity index (χ1v) is 6.77. The molecule has 21 heavy (non-hydrogen) atoms. The summed E-state index contributed by atoms with van der Waals surface area (Å²) in [7, 11) is 0. The molecule has 2 atom stereocenters. The van der Waals surface area contributed by atoms with E-state index < -0.39 is 11.6 Å². The van der Waals surface area contributed by atoms with Crippen LogP contribution in [0.2, 0.25) is 0 Å². The van der Waals surface area contributed by atoms with Gasteiger partial charge in [-0.1, -0.05) is 5.16 Å². The van der Waals surface area contributed by atoms with Crippen LogP contribution in [0.3, 0.4) is 0 Å². The van der Waals surface area contributed by atoms with Crippen LogP contribution in [0.1, 0.15) is 36.2 Å². The van der Waals surface area contributed by atoms with E-state index in [1.54, 1.807) is 0 Å². The van der Waals surface area contributed by atoms with Crippen LogP contribution in [0.4, 0.5) is 8.78 Å². The molecule has 2 heterocycles. The third kappa shape index (κ3) is 3.25. The van der Waals surface area contributed by atoms with Crippen LogP contribution in [0, 0.1) is 11.6 Å². The van der Waals surface area contributed by atoms with Crippen molar-refractivity contribution in [1.82, 2.24) is 10.1 Å². The van der Waals surface area contributed by atoms with Crippen molar-refractivity contribution in [3.63, 3.8) is 0 Å². The fourth-order valence-corrected chi connectivity index (χ4v) is 2.43. The van der Waals surface area contributed by atoms with E-state index in [9.17, 15) is 8.78 Å². The Morgan fingerprint density at radius 3 is 2.62 bits per heavy atom. The summed E-state index contributed by atoms with van der Waals surface area (Å²) in [5, 5.41) is 3.82.